The van der Waals surface area contributed by atoms with E-state index in [9.17, 15) is 29.4 Å². The molecule has 49 heavy (non-hydrogen) atoms. The molecule has 254 valence electrons. The van der Waals surface area contributed by atoms with Crippen LogP contribution in [0, 0.1) is 11.8 Å². The lowest BCUT2D eigenvalue weighted by atomic mass is 9.87. The maximum Gasteiger partial charge on any atom is 0.317 e. The second kappa shape index (κ2) is 13.1. The average Bonchev–Trinajstić information content (AvgIpc) is 3.22. The van der Waals surface area contributed by atoms with Crippen LogP contribution in [0.25, 0.3) is 0 Å². The Balaban J connectivity index is 1.14. The van der Waals surface area contributed by atoms with Gasteiger partial charge in [0.15, 0.2) is 11.6 Å². The summed E-state index contributed by atoms with van der Waals surface area (Å²) in [6.45, 7) is 3.49. The molecule has 0 aromatic carbocycles. The molecule has 4 atom stereocenters. The SMILES string of the molecule is CC1(N(CC(=O)O)CC(=O)O)CN(Cc2cc3c(cn2)C(=O)C2C=CC=CC2O3)CCN(Cc2cc3c(cn2)C(=O)C2C=CC=CC2O3)C1. The van der Waals surface area contributed by atoms with Crippen molar-refractivity contribution in [2.24, 2.45) is 11.8 Å². The topological polar surface area (TPSA) is 163 Å². The highest BCUT2D eigenvalue weighted by Crippen LogP contribution is 2.36. The fourth-order valence-corrected chi connectivity index (χ4v) is 7.36. The number of Topliss-reactive ketones (excluding diaryl/α,β-unsaturated/α-hetero) is 2. The number of aromatic nitrogens is 2. The number of aliphatic carboxylic acids is 2. The summed E-state index contributed by atoms with van der Waals surface area (Å²) in [6.07, 6.45) is 17.1. The lowest BCUT2D eigenvalue weighted by molar-refractivity contribution is -0.145. The van der Waals surface area contributed by atoms with Gasteiger partial charge in [-0.1, -0.05) is 36.5 Å². The number of fused-ring (bicyclic) bond motifs is 4. The summed E-state index contributed by atoms with van der Waals surface area (Å²) in [4.78, 5) is 65.1. The molecule has 2 aromatic rings. The summed E-state index contributed by atoms with van der Waals surface area (Å²) in [5.41, 5.74) is 1.29. The van der Waals surface area contributed by atoms with Crippen molar-refractivity contribution < 1.29 is 38.9 Å². The third-order valence-corrected chi connectivity index (χ3v) is 9.72. The third kappa shape index (κ3) is 6.69. The number of pyridine rings is 2. The van der Waals surface area contributed by atoms with Crippen molar-refractivity contribution in [3.05, 3.63) is 95.6 Å². The quantitative estimate of drug-likeness (QED) is 0.401. The Hall–Kier alpha value is -4.98. The van der Waals surface area contributed by atoms with Crippen molar-refractivity contribution >= 4 is 23.5 Å². The van der Waals surface area contributed by atoms with Crippen molar-refractivity contribution in [3.8, 4) is 11.5 Å². The van der Waals surface area contributed by atoms with Crippen LogP contribution in [0.2, 0.25) is 0 Å². The molecule has 13 heteroatoms. The zero-order chi connectivity index (χ0) is 34.3. The van der Waals surface area contributed by atoms with Crippen LogP contribution in [0.15, 0.2) is 73.1 Å². The first kappa shape index (κ1) is 32.6. The molecule has 4 unspecified atom stereocenters. The Morgan fingerprint density at radius 2 is 1.20 bits per heavy atom. The maximum absolute atomic E-state index is 13.1. The van der Waals surface area contributed by atoms with Gasteiger partial charge in [-0.3, -0.25) is 43.8 Å². The van der Waals surface area contributed by atoms with Gasteiger partial charge in [0.25, 0.3) is 0 Å². The largest absolute Gasteiger partial charge is 0.484 e. The molecule has 0 saturated carbocycles. The number of hydrogen-bond acceptors (Lipinski definition) is 11. The second-order valence-corrected chi connectivity index (χ2v) is 13.4. The predicted octanol–water partition coefficient (Wildman–Crippen LogP) is 2.40. The monoisotopic (exact) mass is 667 g/mol. The second-order valence-electron chi connectivity index (χ2n) is 13.4. The van der Waals surface area contributed by atoms with Crippen LogP contribution in [-0.4, -0.2) is 115 Å². The Kier molecular flexibility index (Phi) is 8.73. The van der Waals surface area contributed by atoms with E-state index in [4.69, 9.17) is 9.47 Å². The summed E-state index contributed by atoms with van der Waals surface area (Å²) in [7, 11) is 0. The number of allylic oxidation sites excluding steroid dienone is 4. The van der Waals surface area contributed by atoms with Crippen molar-refractivity contribution in [2.75, 3.05) is 39.3 Å². The minimum atomic E-state index is -1.13. The number of carbonyl (C=O) groups is 4. The number of hydrogen-bond donors (Lipinski definition) is 2. The molecule has 0 spiro atoms. The summed E-state index contributed by atoms with van der Waals surface area (Å²) in [5.74, 6) is -2.16. The number of carbonyl (C=O) groups excluding carboxylic acids is 2. The van der Waals surface area contributed by atoms with Crippen molar-refractivity contribution in [1.29, 1.82) is 0 Å². The van der Waals surface area contributed by atoms with Crippen molar-refractivity contribution in [1.82, 2.24) is 24.7 Å². The Labute approximate surface area is 282 Å². The molecule has 1 saturated heterocycles. The molecule has 0 radical (unpaired) electrons. The van der Waals surface area contributed by atoms with Gasteiger partial charge in [-0.25, -0.2) is 0 Å². The van der Waals surface area contributed by atoms with Gasteiger partial charge >= 0.3 is 11.9 Å². The van der Waals surface area contributed by atoms with Gasteiger partial charge in [-0.15, -0.1) is 0 Å². The molecule has 5 heterocycles. The van der Waals surface area contributed by atoms with Crippen LogP contribution in [0.5, 0.6) is 11.5 Å². The van der Waals surface area contributed by atoms with Gasteiger partial charge in [0.05, 0.1) is 47.4 Å². The van der Waals surface area contributed by atoms with Gasteiger partial charge < -0.3 is 19.7 Å². The summed E-state index contributed by atoms with van der Waals surface area (Å²) < 4.78 is 12.4. The highest BCUT2D eigenvalue weighted by atomic mass is 16.5. The zero-order valence-corrected chi connectivity index (χ0v) is 27.0. The van der Waals surface area contributed by atoms with E-state index in [-0.39, 0.29) is 35.6 Å². The van der Waals surface area contributed by atoms with Gasteiger partial charge in [-0.2, -0.15) is 0 Å². The first-order valence-electron chi connectivity index (χ1n) is 16.3. The highest BCUT2D eigenvalue weighted by Gasteiger charge is 2.41. The lowest BCUT2D eigenvalue weighted by Gasteiger charge is -2.42. The number of nitrogens with zero attached hydrogens (tertiary/aromatic N) is 5. The Morgan fingerprint density at radius 3 is 1.63 bits per heavy atom. The molecule has 2 aliphatic carbocycles. The molecule has 1 fully saturated rings. The molecule has 3 aliphatic heterocycles. The number of carboxylic acid groups (broad SMARTS) is 2. The smallest absolute Gasteiger partial charge is 0.317 e. The maximum atomic E-state index is 13.1. The number of carboxylic acids is 2. The van der Waals surface area contributed by atoms with E-state index in [1.165, 1.54) is 4.90 Å². The van der Waals surface area contributed by atoms with Crippen molar-refractivity contribution in [2.45, 2.75) is 37.8 Å². The highest BCUT2D eigenvalue weighted by molar-refractivity contribution is 6.03. The molecule has 0 amide bonds. The molecular weight excluding hydrogens is 630 g/mol. The van der Waals surface area contributed by atoms with Crippen LogP contribution in [0.1, 0.15) is 39.0 Å². The first-order valence-corrected chi connectivity index (χ1v) is 16.3. The van der Waals surface area contributed by atoms with Gasteiger partial charge in [0, 0.05) is 69.3 Å². The average molecular weight is 668 g/mol. The molecule has 2 N–H and O–H groups in total. The lowest BCUT2D eigenvalue weighted by Crippen LogP contribution is -2.59. The third-order valence-electron chi connectivity index (χ3n) is 9.72. The van der Waals surface area contributed by atoms with Crippen LogP contribution >= 0.6 is 0 Å². The van der Waals surface area contributed by atoms with Crippen molar-refractivity contribution in [3.63, 3.8) is 0 Å². The molecular formula is C36H37N5O8. The summed E-state index contributed by atoms with van der Waals surface area (Å²) in [5, 5.41) is 19.5. The standard InChI is InChI=1S/C36H37N5O8/c1-36(41(18-32(42)43)19-33(44)45)20-39(16-22-12-30-26(14-37-22)34(46)24-6-2-4-8-28(24)48-30)10-11-40(21-36)17-23-13-31-27(15-38-23)35(47)25-7-3-5-9-29(25)49-31/h2-9,12-15,24-25,28-29H,10-11,16-21H2,1H3,(H,42,43)(H,44,45). The van der Waals surface area contributed by atoms with E-state index >= 15 is 0 Å². The van der Waals surface area contributed by atoms with Gasteiger partial charge in [0.2, 0.25) is 0 Å². The Bertz CT molecular complexity index is 1690. The van der Waals surface area contributed by atoms with E-state index in [1.54, 1.807) is 24.5 Å². The van der Waals surface area contributed by atoms with Gasteiger partial charge in [0.1, 0.15) is 23.7 Å². The Morgan fingerprint density at radius 1 is 0.776 bits per heavy atom. The minimum absolute atomic E-state index is 0.0423. The van der Waals surface area contributed by atoms with E-state index in [0.717, 1.165) is 0 Å². The minimum Gasteiger partial charge on any atom is -0.484 e. The fourth-order valence-electron chi connectivity index (χ4n) is 7.36. The van der Waals surface area contributed by atoms with Crippen LogP contribution in [0.3, 0.4) is 0 Å². The fraction of sp³-hybridized carbons (Fsp3) is 0.389. The molecule has 13 nitrogen and oxygen atoms in total. The predicted molar refractivity (Wildman–Crippen MR) is 175 cm³/mol. The first-order chi connectivity index (χ1) is 23.6. The van der Waals surface area contributed by atoms with Gasteiger partial charge in [-0.05, 0) is 19.1 Å². The molecule has 2 aromatic heterocycles. The summed E-state index contributed by atoms with van der Waals surface area (Å²) >= 11 is 0. The van der Waals surface area contributed by atoms with Crippen LogP contribution in [-0.2, 0) is 22.7 Å². The molecule has 5 aliphatic rings. The van der Waals surface area contributed by atoms with E-state index in [1.807, 2.05) is 55.5 Å². The summed E-state index contributed by atoms with van der Waals surface area (Å²) in [6, 6.07) is 3.56. The van der Waals surface area contributed by atoms with Crippen LogP contribution < -0.4 is 9.47 Å². The van der Waals surface area contributed by atoms with E-state index < -0.39 is 30.6 Å². The molecule has 7 rings (SSSR count). The van der Waals surface area contributed by atoms with E-state index in [0.29, 0.717) is 73.3 Å². The number of rotatable bonds is 9. The number of ketones is 2. The number of ether oxygens (including phenoxy) is 2. The van der Waals surface area contributed by atoms with Crippen LogP contribution in [0.4, 0.5) is 0 Å². The zero-order valence-electron chi connectivity index (χ0n) is 27.0. The normalized spacial score (nSPS) is 27.4. The molecule has 0 bridgehead atoms. The van der Waals surface area contributed by atoms with E-state index in [2.05, 4.69) is 19.8 Å².